The lowest BCUT2D eigenvalue weighted by Crippen LogP contribution is -2.19. The molecule has 1 heterocycles. The maximum absolute atomic E-state index is 11.8. The standard InChI is InChI=1S/C10H8Cl3N5O/c11-5-1-7(13)8(2-6(5)12)16-9(19)3-18-4-15-10(14)17-18/h1-2,4H,3H2,(H2,14,17)(H,16,19). The Labute approximate surface area is 123 Å². The molecular formula is C10H8Cl3N5O. The van der Waals surface area contributed by atoms with Gasteiger partial charge in [0, 0.05) is 0 Å². The first kappa shape index (κ1) is 13.9. The molecule has 1 aromatic carbocycles. The van der Waals surface area contributed by atoms with Crippen molar-refractivity contribution in [3.8, 4) is 0 Å². The number of benzene rings is 1. The fraction of sp³-hybridized carbons (Fsp3) is 0.100. The number of aromatic nitrogens is 3. The number of nitrogens with one attached hydrogen (secondary N) is 1. The average Bonchev–Trinajstić information content (AvgIpc) is 2.71. The van der Waals surface area contributed by atoms with Gasteiger partial charge in [-0.15, -0.1) is 5.10 Å². The molecule has 9 heteroatoms. The zero-order chi connectivity index (χ0) is 14.0. The van der Waals surface area contributed by atoms with Gasteiger partial charge < -0.3 is 11.1 Å². The molecule has 0 aliphatic heterocycles. The predicted molar refractivity (Wildman–Crippen MR) is 74.5 cm³/mol. The maximum Gasteiger partial charge on any atom is 0.246 e. The second kappa shape index (κ2) is 5.64. The van der Waals surface area contributed by atoms with Crippen LogP contribution in [0.25, 0.3) is 0 Å². The molecule has 19 heavy (non-hydrogen) atoms. The highest BCUT2D eigenvalue weighted by atomic mass is 35.5. The number of carbonyl (C=O) groups excluding carboxylic acids is 1. The average molecular weight is 321 g/mol. The van der Waals surface area contributed by atoms with Gasteiger partial charge in [0.25, 0.3) is 0 Å². The third-order valence-electron chi connectivity index (χ3n) is 2.14. The van der Waals surface area contributed by atoms with Gasteiger partial charge in [0.15, 0.2) is 0 Å². The summed E-state index contributed by atoms with van der Waals surface area (Å²) < 4.78 is 1.30. The molecular weight excluding hydrogens is 313 g/mol. The SMILES string of the molecule is Nc1ncn(CC(=O)Nc2cc(Cl)c(Cl)cc2Cl)n1. The van der Waals surface area contributed by atoms with Crippen molar-refractivity contribution in [1.29, 1.82) is 0 Å². The Hall–Kier alpha value is -1.50. The monoisotopic (exact) mass is 319 g/mol. The zero-order valence-corrected chi connectivity index (χ0v) is 11.7. The van der Waals surface area contributed by atoms with Crippen molar-refractivity contribution in [1.82, 2.24) is 14.8 Å². The fourth-order valence-corrected chi connectivity index (χ4v) is 1.93. The minimum atomic E-state index is -0.342. The van der Waals surface area contributed by atoms with Crippen LogP contribution in [-0.2, 0) is 11.3 Å². The van der Waals surface area contributed by atoms with Crippen LogP contribution in [0.4, 0.5) is 11.6 Å². The van der Waals surface area contributed by atoms with E-state index < -0.39 is 0 Å². The zero-order valence-electron chi connectivity index (χ0n) is 9.40. The van der Waals surface area contributed by atoms with Gasteiger partial charge in [0.2, 0.25) is 11.9 Å². The quantitative estimate of drug-likeness (QED) is 0.851. The van der Waals surface area contributed by atoms with E-state index in [-0.39, 0.29) is 18.4 Å². The normalized spacial score (nSPS) is 10.5. The highest BCUT2D eigenvalue weighted by Gasteiger charge is 2.10. The van der Waals surface area contributed by atoms with Crippen LogP contribution in [0, 0.1) is 0 Å². The predicted octanol–water partition coefficient (Wildman–Crippen LogP) is 2.46. The molecule has 0 unspecified atom stereocenters. The Morgan fingerprint density at radius 3 is 2.58 bits per heavy atom. The van der Waals surface area contributed by atoms with Gasteiger partial charge in [-0.3, -0.25) is 4.79 Å². The number of amides is 1. The van der Waals surface area contributed by atoms with Crippen LogP contribution >= 0.6 is 34.8 Å². The number of hydrogen-bond donors (Lipinski definition) is 2. The van der Waals surface area contributed by atoms with Crippen molar-refractivity contribution < 1.29 is 4.79 Å². The topological polar surface area (TPSA) is 85.8 Å². The van der Waals surface area contributed by atoms with Crippen LogP contribution < -0.4 is 11.1 Å². The highest BCUT2D eigenvalue weighted by Crippen LogP contribution is 2.32. The van der Waals surface area contributed by atoms with Crippen LogP contribution in [0.15, 0.2) is 18.5 Å². The van der Waals surface area contributed by atoms with Crippen LogP contribution in [0.3, 0.4) is 0 Å². The van der Waals surface area contributed by atoms with Crippen LogP contribution in [0.2, 0.25) is 15.1 Å². The van der Waals surface area contributed by atoms with Crippen molar-refractivity contribution in [2.24, 2.45) is 0 Å². The first-order valence-corrected chi connectivity index (χ1v) is 6.18. The first-order chi connectivity index (χ1) is 8.95. The van der Waals surface area contributed by atoms with E-state index in [4.69, 9.17) is 40.5 Å². The molecule has 2 rings (SSSR count). The molecule has 0 bridgehead atoms. The Balaban J connectivity index is 2.09. The molecule has 0 saturated heterocycles. The molecule has 0 radical (unpaired) electrons. The van der Waals surface area contributed by atoms with Crippen LogP contribution in [0.5, 0.6) is 0 Å². The summed E-state index contributed by atoms with van der Waals surface area (Å²) in [5.74, 6) is -0.245. The summed E-state index contributed by atoms with van der Waals surface area (Å²) in [6.45, 7) is -0.0409. The van der Waals surface area contributed by atoms with Crippen molar-refractivity contribution in [2.75, 3.05) is 11.1 Å². The fourth-order valence-electron chi connectivity index (χ4n) is 1.34. The van der Waals surface area contributed by atoms with Gasteiger partial charge >= 0.3 is 0 Å². The molecule has 2 aromatic rings. The molecule has 0 atom stereocenters. The van der Waals surface area contributed by atoms with Crippen LogP contribution in [-0.4, -0.2) is 20.7 Å². The first-order valence-electron chi connectivity index (χ1n) is 5.05. The second-order valence-electron chi connectivity index (χ2n) is 3.59. The Kier molecular flexibility index (Phi) is 4.14. The van der Waals surface area contributed by atoms with Gasteiger partial charge in [-0.05, 0) is 12.1 Å². The van der Waals surface area contributed by atoms with Crippen molar-refractivity contribution in [2.45, 2.75) is 6.54 Å². The van der Waals surface area contributed by atoms with Gasteiger partial charge in [0.05, 0.1) is 20.8 Å². The minimum absolute atomic E-state index is 0.0409. The number of hydrogen-bond acceptors (Lipinski definition) is 4. The summed E-state index contributed by atoms with van der Waals surface area (Å²) in [7, 11) is 0. The lowest BCUT2D eigenvalue weighted by atomic mass is 10.3. The molecule has 1 amide bonds. The van der Waals surface area contributed by atoms with E-state index >= 15 is 0 Å². The highest BCUT2D eigenvalue weighted by molar-refractivity contribution is 6.44. The molecule has 0 fully saturated rings. The van der Waals surface area contributed by atoms with Gasteiger partial charge in [-0.1, -0.05) is 34.8 Å². The number of halogens is 3. The van der Waals surface area contributed by atoms with Crippen molar-refractivity contribution >= 4 is 52.3 Å². The largest absolute Gasteiger partial charge is 0.367 e. The number of carbonyl (C=O) groups is 1. The molecule has 1 aromatic heterocycles. The van der Waals surface area contributed by atoms with E-state index in [2.05, 4.69) is 15.4 Å². The third kappa shape index (κ3) is 3.50. The van der Waals surface area contributed by atoms with Crippen molar-refractivity contribution in [3.05, 3.63) is 33.5 Å². The minimum Gasteiger partial charge on any atom is -0.367 e. The van der Waals surface area contributed by atoms with E-state index in [1.165, 1.54) is 23.1 Å². The molecule has 0 saturated carbocycles. The van der Waals surface area contributed by atoms with E-state index in [0.29, 0.717) is 20.8 Å². The summed E-state index contributed by atoms with van der Waals surface area (Å²) >= 11 is 17.6. The molecule has 6 nitrogen and oxygen atoms in total. The Bertz CT molecular complexity index is 628. The number of nitrogens with two attached hydrogens (primary N) is 1. The Morgan fingerprint density at radius 2 is 1.95 bits per heavy atom. The Morgan fingerprint density at radius 1 is 1.26 bits per heavy atom. The van der Waals surface area contributed by atoms with Gasteiger partial charge in [-0.25, -0.2) is 9.67 Å². The lowest BCUT2D eigenvalue weighted by Gasteiger charge is -2.08. The van der Waals surface area contributed by atoms with E-state index in [0.717, 1.165) is 0 Å². The smallest absolute Gasteiger partial charge is 0.246 e. The lowest BCUT2D eigenvalue weighted by molar-refractivity contribution is -0.116. The van der Waals surface area contributed by atoms with Crippen molar-refractivity contribution in [3.63, 3.8) is 0 Å². The summed E-state index contributed by atoms with van der Waals surface area (Å²) in [5.41, 5.74) is 5.71. The molecule has 0 aliphatic rings. The summed E-state index contributed by atoms with van der Waals surface area (Å²) in [6, 6.07) is 2.92. The number of nitrogens with zero attached hydrogens (tertiary/aromatic N) is 3. The summed E-state index contributed by atoms with van der Waals surface area (Å²) in [4.78, 5) is 15.5. The number of nitrogen functional groups attached to an aromatic ring is 1. The van der Waals surface area contributed by atoms with E-state index in [1.54, 1.807) is 0 Å². The summed E-state index contributed by atoms with van der Waals surface area (Å²) in [5, 5.41) is 7.28. The number of anilines is 2. The molecule has 0 aliphatic carbocycles. The number of rotatable bonds is 3. The molecule has 3 N–H and O–H groups in total. The van der Waals surface area contributed by atoms with E-state index in [9.17, 15) is 4.79 Å². The van der Waals surface area contributed by atoms with E-state index in [1.807, 2.05) is 0 Å². The maximum atomic E-state index is 11.8. The third-order valence-corrected chi connectivity index (χ3v) is 3.18. The molecule has 0 spiro atoms. The molecule has 100 valence electrons. The summed E-state index contributed by atoms with van der Waals surface area (Å²) in [6.07, 6.45) is 1.35. The van der Waals surface area contributed by atoms with Gasteiger partial charge in [-0.2, -0.15) is 0 Å². The second-order valence-corrected chi connectivity index (χ2v) is 4.82. The van der Waals surface area contributed by atoms with Crippen LogP contribution in [0.1, 0.15) is 0 Å². The van der Waals surface area contributed by atoms with Gasteiger partial charge in [0.1, 0.15) is 12.9 Å².